The van der Waals surface area contributed by atoms with Crippen LogP contribution in [0.15, 0.2) is 6.20 Å². The highest BCUT2D eigenvalue weighted by Gasteiger charge is 2.36. The summed E-state index contributed by atoms with van der Waals surface area (Å²) >= 11 is 0. The lowest BCUT2D eigenvalue weighted by atomic mass is 10.2. The summed E-state index contributed by atoms with van der Waals surface area (Å²) in [6.07, 6.45) is -8.67. The van der Waals surface area contributed by atoms with Gasteiger partial charge in [0.2, 0.25) is 0 Å². The van der Waals surface area contributed by atoms with Gasteiger partial charge in [-0.1, -0.05) is 0 Å². The SMILES string of the molecule is N#Cc1ncc(F)c(OC(F)(F)F)c1C(F)F. The van der Waals surface area contributed by atoms with Gasteiger partial charge < -0.3 is 4.74 Å². The highest BCUT2D eigenvalue weighted by molar-refractivity contribution is 5.43. The van der Waals surface area contributed by atoms with Crippen LogP contribution in [0.1, 0.15) is 17.7 Å². The Morgan fingerprint density at radius 1 is 1.35 bits per heavy atom. The number of aromatic nitrogens is 1. The van der Waals surface area contributed by atoms with Crippen molar-refractivity contribution in [1.29, 1.82) is 5.26 Å². The van der Waals surface area contributed by atoms with E-state index in [1.165, 1.54) is 0 Å². The fraction of sp³-hybridized carbons (Fsp3) is 0.250. The number of hydrogen-bond donors (Lipinski definition) is 0. The second-order valence-electron chi connectivity index (χ2n) is 2.66. The molecule has 1 aromatic rings. The first kappa shape index (κ1) is 13.1. The van der Waals surface area contributed by atoms with E-state index in [0.29, 0.717) is 0 Å². The van der Waals surface area contributed by atoms with E-state index in [-0.39, 0.29) is 6.20 Å². The van der Waals surface area contributed by atoms with Crippen LogP contribution in [0.25, 0.3) is 0 Å². The molecule has 0 aliphatic carbocycles. The third-order valence-electron chi connectivity index (χ3n) is 1.57. The Bertz CT molecular complexity index is 464. The van der Waals surface area contributed by atoms with Gasteiger partial charge in [0.15, 0.2) is 17.3 Å². The molecule has 0 unspecified atom stereocenters. The summed E-state index contributed by atoms with van der Waals surface area (Å²) in [5.74, 6) is -3.46. The fourth-order valence-electron chi connectivity index (χ4n) is 0.997. The van der Waals surface area contributed by atoms with E-state index in [9.17, 15) is 26.3 Å². The van der Waals surface area contributed by atoms with Crippen molar-refractivity contribution < 1.29 is 31.1 Å². The molecule has 0 atom stereocenters. The van der Waals surface area contributed by atoms with E-state index in [1.807, 2.05) is 0 Å². The van der Waals surface area contributed by atoms with E-state index >= 15 is 0 Å². The Hall–Kier alpha value is -1.98. The molecule has 0 amide bonds. The van der Waals surface area contributed by atoms with Gasteiger partial charge in [0.25, 0.3) is 6.43 Å². The van der Waals surface area contributed by atoms with Crippen molar-refractivity contribution in [2.75, 3.05) is 0 Å². The number of rotatable bonds is 2. The molecule has 0 spiro atoms. The first-order valence-electron chi connectivity index (χ1n) is 3.88. The Balaban J connectivity index is 3.41. The molecule has 0 fully saturated rings. The minimum atomic E-state index is -5.35. The highest BCUT2D eigenvalue weighted by Crippen LogP contribution is 2.36. The second-order valence-corrected chi connectivity index (χ2v) is 2.66. The predicted molar refractivity (Wildman–Crippen MR) is 40.5 cm³/mol. The van der Waals surface area contributed by atoms with Crippen molar-refractivity contribution in [3.8, 4) is 11.8 Å². The zero-order valence-electron chi connectivity index (χ0n) is 7.73. The van der Waals surface area contributed by atoms with Crippen LogP contribution in [0, 0.1) is 17.1 Å². The van der Waals surface area contributed by atoms with Crippen molar-refractivity contribution >= 4 is 0 Å². The minimum Gasteiger partial charge on any atom is -0.402 e. The largest absolute Gasteiger partial charge is 0.573 e. The predicted octanol–water partition coefficient (Wildman–Crippen LogP) is 2.93. The molecule has 3 nitrogen and oxygen atoms in total. The molecule has 1 rings (SSSR count). The third kappa shape index (κ3) is 2.99. The maximum Gasteiger partial charge on any atom is 0.573 e. The smallest absolute Gasteiger partial charge is 0.402 e. The number of pyridine rings is 1. The molecule has 0 bridgehead atoms. The van der Waals surface area contributed by atoms with Gasteiger partial charge in [-0.2, -0.15) is 5.26 Å². The maximum atomic E-state index is 12.9. The van der Waals surface area contributed by atoms with E-state index in [0.717, 1.165) is 6.07 Å². The number of halogens is 6. The first-order valence-corrected chi connectivity index (χ1v) is 3.88. The van der Waals surface area contributed by atoms with Crippen LogP contribution in [0.3, 0.4) is 0 Å². The lowest BCUT2D eigenvalue weighted by Crippen LogP contribution is -2.20. The molecule has 0 aliphatic heterocycles. The topological polar surface area (TPSA) is 45.9 Å². The van der Waals surface area contributed by atoms with Crippen molar-refractivity contribution in [2.45, 2.75) is 12.8 Å². The number of nitriles is 1. The molecule has 0 saturated carbocycles. The number of ether oxygens (including phenoxy) is 1. The molecular weight excluding hydrogens is 254 g/mol. The Labute approximate surface area is 90.2 Å². The van der Waals surface area contributed by atoms with Gasteiger partial charge in [0, 0.05) is 0 Å². The number of alkyl halides is 5. The standard InChI is InChI=1S/C8H2F6N2O/c9-3-2-16-4(1-15)5(7(10)11)6(3)17-8(12,13)14/h2,7H. The summed E-state index contributed by atoms with van der Waals surface area (Å²) in [6.45, 7) is 0. The maximum absolute atomic E-state index is 12.9. The van der Waals surface area contributed by atoms with Crippen LogP contribution in [0.5, 0.6) is 5.75 Å². The van der Waals surface area contributed by atoms with Crippen molar-refractivity contribution in [2.24, 2.45) is 0 Å². The van der Waals surface area contributed by atoms with Crippen LogP contribution in [-0.2, 0) is 0 Å². The molecule has 1 aromatic heterocycles. The van der Waals surface area contributed by atoms with Gasteiger partial charge in [0.1, 0.15) is 6.07 Å². The molecule has 0 aliphatic rings. The summed E-state index contributed by atoms with van der Waals surface area (Å²) in [4.78, 5) is 2.95. The Morgan fingerprint density at radius 3 is 2.35 bits per heavy atom. The zero-order valence-corrected chi connectivity index (χ0v) is 7.73. The van der Waals surface area contributed by atoms with E-state index in [2.05, 4.69) is 9.72 Å². The molecule has 92 valence electrons. The van der Waals surface area contributed by atoms with Crippen molar-refractivity contribution in [3.63, 3.8) is 0 Å². The van der Waals surface area contributed by atoms with Crippen molar-refractivity contribution in [1.82, 2.24) is 4.98 Å². The summed E-state index contributed by atoms with van der Waals surface area (Å²) < 4.78 is 76.5. The molecule has 1 heterocycles. The van der Waals surface area contributed by atoms with Gasteiger partial charge in [-0.25, -0.2) is 18.2 Å². The van der Waals surface area contributed by atoms with Crippen LogP contribution in [0.2, 0.25) is 0 Å². The average molecular weight is 256 g/mol. The monoisotopic (exact) mass is 256 g/mol. The quantitative estimate of drug-likeness (QED) is 0.764. The summed E-state index contributed by atoms with van der Waals surface area (Å²) in [6, 6.07) is 1.13. The molecule has 0 N–H and O–H groups in total. The summed E-state index contributed by atoms with van der Waals surface area (Å²) in [5.41, 5.74) is -2.55. The third-order valence-corrected chi connectivity index (χ3v) is 1.57. The van der Waals surface area contributed by atoms with E-state index in [4.69, 9.17) is 5.26 Å². The summed E-state index contributed by atoms with van der Waals surface area (Å²) in [5, 5.41) is 8.38. The normalized spacial score (nSPS) is 11.4. The molecule has 0 aromatic carbocycles. The average Bonchev–Trinajstić information content (AvgIpc) is 2.18. The fourth-order valence-corrected chi connectivity index (χ4v) is 0.997. The molecular formula is C8H2F6N2O. The van der Waals surface area contributed by atoms with Crippen LogP contribution < -0.4 is 4.74 Å². The molecule has 9 heteroatoms. The second kappa shape index (κ2) is 4.48. The molecule has 17 heavy (non-hydrogen) atoms. The number of nitrogens with zero attached hydrogens (tertiary/aromatic N) is 2. The Kier molecular flexibility index (Phi) is 3.45. The van der Waals surface area contributed by atoms with Gasteiger partial charge >= 0.3 is 6.36 Å². The van der Waals surface area contributed by atoms with Gasteiger partial charge in [-0.3, -0.25) is 0 Å². The van der Waals surface area contributed by atoms with Crippen LogP contribution in [-0.4, -0.2) is 11.3 Å². The van der Waals surface area contributed by atoms with Crippen LogP contribution in [0.4, 0.5) is 26.3 Å². The van der Waals surface area contributed by atoms with E-state index < -0.39 is 35.6 Å². The van der Waals surface area contributed by atoms with Gasteiger partial charge in [0.05, 0.1) is 11.8 Å². The lowest BCUT2D eigenvalue weighted by molar-refractivity contribution is -0.276. The lowest BCUT2D eigenvalue weighted by Gasteiger charge is -2.13. The zero-order chi connectivity index (χ0) is 13.2. The molecule has 0 saturated heterocycles. The summed E-state index contributed by atoms with van der Waals surface area (Å²) in [7, 11) is 0. The minimum absolute atomic E-state index is 0.200. The van der Waals surface area contributed by atoms with Crippen LogP contribution >= 0.6 is 0 Å². The highest BCUT2D eigenvalue weighted by atomic mass is 19.4. The van der Waals surface area contributed by atoms with E-state index in [1.54, 1.807) is 0 Å². The Morgan fingerprint density at radius 2 is 1.94 bits per heavy atom. The van der Waals surface area contributed by atoms with Gasteiger partial charge in [-0.15, -0.1) is 13.2 Å². The number of hydrogen-bond acceptors (Lipinski definition) is 3. The van der Waals surface area contributed by atoms with Crippen molar-refractivity contribution in [3.05, 3.63) is 23.3 Å². The first-order chi connectivity index (χ1) is 7.76. The molecule has 0 radical (unpaired) electrons. The van der Waals surface area contributed by atoms with Gasteiger partial charge in [-0.05, 0) is 0 Å².